The summed E-state index contributed by atoms with van der Waals surface area (Å²) in [4.78, 5) is 1.17. The molecule has 0 bridgehead atoms. The van der Waals surface area contributed by atoms with Crippen LogP contribution in [0.5, 0.6) is 0 Å². The molecule has 0 aromatic carbocycles. The molecule has 4 heteroatoms. The minimum Gasteiger partial charge on any atom is -0.367 e. The maximum Gasteiger partial charge on any atom is 0.431 e. The van der Waals surface area contributed by atoms with Gasteiger partial charge in [-0.1, -0.05) is 12.2 Å². The normalized spacial score (nSPS) is 18.5. The SMILES string of the molecule is CN1CC=CC=C1C(F)(F)F. The summed E-state index contributed by atoms with van der Waals surface area (Å²) >= 11 is 0. The van der Waals surface area contributed by atoms with Gasteiger partial charge in [0.1, 0.15) is 5.70 Å². The zero-order valence-electron chi connectivity index (χ0n) is 6.02. The highest BCUT2D eigenvalue weighted by Gasteiger charge is 2.36. The summed E-state index contributed by atoms with van der Waals surface area (Å²) in [5.74, 6) is 0. The Bertz CT molecular complexity index is 202. The molecule has 0 radical (unpaired) electrons. The fourth-order valence-electron chi connectivity index (χ4n) is 0.915. The lowest BCUT2D eigenvalue weighted by Gasteiger charge is -2.24. The second-order valence-corrected chi connectivity index (χ2v) is 2.36. The van der Waals surface area contributed by atoms with Crippen molar-refractivity contribution in [2.24, 2.45) is 0 Å². The van der Waals surface area contributed by atoms with Crippen LogP contribution in [0.15, 0.2) is 23.9 Å². The molecule has 0 atom stereocenters. The highest BCUT2D eigenvalue weighted by atomic mass is 19.4. The molecule has 0 aromatic heterocycles. The average molecular weight is 163 g/mol. The van der Waals surface area contributed by atoms with Crippen LogP contribution < -0.4 is 0 Å². The molecule has 0 saturated heterocycles. The van der Waals surface area contributed by atoms with Gasteiger partial charge >= 0.3 is 6.18 Å². The van der Waals surface area contributed by atoms with Crippen LogP contribution in [-0.4, -0.2) is 24.7 Å². The first-order chi connectivity index (χ1) is 5.02. The van der Waals surface area contributed by atoms with Crippen LogP contribution in [0.1, 0.15) is 0 Å². The summed E-state index contributed by atoms with van der Waals surface area (Å²) in [6.45, 7) is 0.325. The Labute approximate surface area is 62.8 Å². The molecule has 62 valence electrons. The van der Waals surface area contributed by atoms with Crippen molar-refractivity contribution in [2.75, 3.05) is 13.6 Å². The largest absolute Gasteiger partial charge is 0.431 e. The number of alkyl halides is 3. The molecule has 0 saturated carbocycles. The topological polar surface area (TPSA) is 3.24 Å². The molecule has 11 heavy (non-hydrogen) atoms. The standard InChI is InChI=1S/C7H8F3N/c1-11-5-3-2-4-6(11)7(8,9)10/h2-4H,5H2,1H3. The summed E-state index contributed by atoms with van der Waals surface area (Å²) < 4.78 is 36.1. The Kier molecular flexibility index (Phi) is 1.93. The van der Waals surface area contributed by atoms with E-state index in [9.17, 15) is 13.2 Å². The van der Waals surface area contributed by atoms with Crippen LogP contribution in [0.2, 0.25) is 0 Å². The minimum absolute atomic E-state index is 0.325. The molecule has 1 aliphatic heterocycles. The fraction of sp³-hybridized carbons (Fsp3) is 0.429. The number of hydrogen-bond acceptors (Lipinski definition) is 1. The van der Waals surface area contributed by atoms with Crippen LogP contribution >= 0.6 is 0 Å². The third-order valence-electron chi connectivity index (χ3n) is 1.47. The lowest BCUT2D eigenvalue weighted by Crippen LogP contribution is -2.29. The first kappa shape index (κ1) is 8.17. The molecule has 0 amide bonds. The molecule has 1 nitrogen and oxygen atoms in total. The molecule has 0 spiro atoms. The van der Waals surface area contributed by atoms with Gasteiger partial charge in [0.15, 0.2) is 0 Å². The second kappa shape index (κ2) is 2.60. The first-order valence-electron chi connectivity index (χ1n) is 3.17. The monoisotopic (exact) mass is 163 g/mol. The number of nitrogens with zero attached hydrogens (tertiary/aromatic N) is 1. The fourth-order valence-corrected chi connectivity index (χ4v) is 0.915. The van der Waals surface area contributed by atoms with E-state index in [4.69, 9.17) is 0 Å². The van der Waals surface area contributed by atoms with Crippen LogP contribution in [0.4, 0.5) is 13.2 Å². The Morgan fingerprint density at radius 3 is 2.45 bits per heavy atom. The molecule has 1 heterocycles. The van der Waals surface area contributed by atoms with Gasteiger partial charge in [-0.3, -0.25) is 0 Å². The molecule has 0 N–H and O–H groups in total. The smallest absolute Gasteiger partial charge is 0.367 e. The van der Waals surface area contributed by atoms with Crippen molar-refractivity contribution in [3.05, 3.63) is 23.9 Å². The number of allylic oxidation sites excluding steroid dienone is 3. The quantitative estimate of drug-likeness (QED) is 0.527. The third-order valence-corrected chi connectivity index (χ3v) is 1.47. The van der Waals surface area contributed by atoms with Gasteiger partial charge in [0.25, 0.3) is 0 Å². The van der Waals surface area contributed by atoms with Gasteiger partial charge in [-0.05, 0) is 6.08 Å². The van der Waals surface area contributed by atoms with E-state index in [1.165, 1.54) is 18.0 Å². The lowest BCUT2D eigenvalue weighted by atomic mass is 10.2. The predicted octanol–water partition coefficient (Wildman–Crippen LogP) is 1.93. The molecule has 0 aliphatic carbocycles. The first-order valence-corrected chi connectivity index (χ1v) is 3.17. The number of hydrogen-bond donors (Lipinski definition) is 0. The predicted molar refractivity (Wildman–Crippen MR) is 35.9 cm³/mol. The van der Waals surface area contributed by atoms with Gasteiger partial charge in [-0.25, -0.2) is 0 Å². The van der Waals surface area contributed by atoms with Gasteiger partial charge in [0, 0.05) is 13.6 Å². The summed E-state index contributed by atoms with van der Waals surface area (Å²) in [5, 5.41) is 0. The van der Waals surface area contributed by atoms with Crippen LogP contribution in [0.3, 0.4) is 0 Å². The Hall–Kier alpha value is -0.930. The summed E-state index contributed by atoms with van der Waals surface area (Å²) in [7, 11) is 1.42. The maximum absolute atomic E-state index is 12.0. The van der Waals surface area contributed by atoms with Crippen molar-refractivity contribution in [3.8, 4) is 0 Å². The van der Waals surface area contributed by atoms with Crippen LogP contribution in [0.25, 0.3) is 0 Å². The maximum atomic E-state index is 12.0. The Balaban J connectivity index is 2.84. The highest BCUT2D eigenvalue weighted by Crippen LogP contribution is 2.28. The van der Waals surface area contributed by atoms with Crippen molar-refractivity contribution in [2.45, 2.75) is 6.18 Å². The number of rotatable bonds is 0. The number of halogens is 3. The lowest BCUT2D eigenvalue weighted by molar-refractivity contribution is -0.109. The van der Waals surface area contributed by atoms with E-state index in [1.807, 2.05) is 0 Å². The van der Waals surface area contributed by atoms with Crippen molar-refractivity contribution in [3.63, 3.8) is 0 Å². The van der Waals surface area contributed by atoms with Crippen molar-refractivity contribution >= 4 is 0 Å². The molecule has 0 aromatic rings. The minimum atomic E-state index is -4.22. The Morgan fingerprint density at radius 1 is 1.45 bits per heavy atom. The van der Waals surface area contributed by atoms with E-state index in [-0.39, 0.29) is 0 Å². The number of likely N-dealkylation sites (N-methyl/N-ethyl adjacent to an activating group) is 1. The van der Waals surface area contributed by atoms with E-state index >= 15 is 0 Å². The molecular formula is C7H8F3N. The zero-order valence-corrected chi connectivity index (χ0v) is 6.02. The molecule has 1 aliphatic rings. The third kappa shape index (κ3) is 1.76. The van der Waals surface area contributed by atoms with Gasteiger partial charge in [0.2, 0.25) is 0 Å². The van der Waals surface area contributed by atoms with E-state index in [0.717, 1.165) is 6.08 Å². The molecular weight excluding hydrogens is 155 g/mol. The molecule has 1 rings (SSSR count). The summed E-state index contributed by atoms with van der Waals surface area (Å²) in [6.07, 6.45) is -0.0545. The van der Waals surface area contributed by atoms with Gasteiger partial charge in [-0.2, -0.15) is 13.2 Å². The van der Waals surface area contributed by atoms with Crippen LogP contribution in [0, 0.1) is 0 Å². The molecule has 0 fully saturated rings. The Morgan fingerprint density at radius 2 is 2.09 bits per heavy atom. The van der Waals surface area contributed by atoms with Crippen LogP contribution in [-0.2, 0) is 0 Å². The van der Waals surface area contributed by atoms with Crippen molar-refractivity contribution in [1.29, 1.82) is 0 Å². The average Bonchev–Trinajstić information content (AvgIpc) is 1.86. The highest BCUT2D eigenvalue weighted by molar-refractivity contribution is 5.20. The van der Waals surface area contributed by atoms with Crippen molar-refractivity contribution < 1.29 is 13.2 Å². The van der Waals surface area contributed by atoms with Crippen molar-refractivity contribution in [1.82, 2.24) is 4.90 Å². The van der Waals surface area contributed by atoms with Gasteiger partial charge in [-0.15, -0.1) is 0 Å². The van der Waals surface area contributed by atoms with E-state index in [1.54, 1.807) is 6.08 Å². The van der Waals surface area contributed by atoms with E-state index in [0.29, 0.717) is 6.54 Å². The van der Waals surface area contributed by atoms with Gasteiger partial charge < -0.3 is 4.90 Å². The molecule has 0 unspecified atom stereocenters. The summed E-state index contributed by atoms with van der Waals surface area (Å²) in [6, 6.07) is 0. The van der Waals surface area contributed by atoms with Gasteiger partial charge in [0.05, 0.1) is 0 Å². The summed E-state index contributed by atoms with van der Waals surface area (Å²) in [5.41, 5.74) is -0.583. The second-order valence-electron chi connectivity index (χ2n) is 2.36. The van der Waals surface area contributed by atoms with E-state index < -0.39 is 11.9 Å². The zero-order chi connectivity index (χ0) is 8.48. The van der Waals surface area contributed by atoms with E-state index in [2.05, 4.69) is 0 Å².